The zero-order valence-corrected chi connectivity index (χ0v) is 19.9. The SMILES string of the molecule is CC(C)CN(CC(C)C)c1ccc(C(C)CC=O)cc1NC(=O)Nc1cc(C2CC2)no1. The summed E-state index contributed by atoms with van der Waals surface area (Å²) in [4.78, 5) is 26.2. The third-order valence-corrected chi connectivity index (χ3v) is 5.56. The van der Waals surface area contributed by atoms with Crippen LogP contribution in [-0.4, -0.2) is 30.6 Å². The number of nitrogens with zero attached hydrogens (tertiary/aromatic N) is 2. The number of aldehydes is 1. The molecule has 0 aliphatic heterocycles. The van der Waals surface area contributed by atoms with Gasteiger partial charge in [-0.05, 0) is 48.3 Å². The molecule has 7 heteroatoms. The first kappa shape index (κ1) is 23.8. The van der Waals surface area contributed by atoms with Crippen molar-refractivity contribution in [3.8, 4) is 0 Å². The van der Waals surface area contributed by atoms with E-state index in [4.69, 9.17) is 4.52 Å². The highest BCUT2D eigenvalue weighted by atomic mass is 16.5. The van der Waals surface area contributed by atoms with Gasteiger partial charge in [0.1, 0.15) is 6.29 Å². The minimum atomic E-state index is -0.376. The predicted octanol–water partition coefficient (Wildman–Crippen LogP) is 6.01. The Kier molecular flexibility index (Phi) is 7.94. The summed E-state index contributed by atoms with van der Waals surface area (Å²) >= 11 is 0. The maximum atomic E-state index is 12.8. The molecule has 1 unspecified atom stereocenters. The molecular weight excluding hydrogens is 404 g/mol. The molecule has 0 saturated heterocycles. The minimum absolute atomic E-state index is 0.0733. The maximum Gasteiger partial charge on any atom is 0.326 e. The Morgan fingerprint density at radius 3 is 2.41 bits per heavy atom. The molecule has 1 heterocycles. The summed E-state index contributed by atoms with van der Waals surface area (Å²) in [6.45, 7) is 12.5. The van der Waals surface area contributed by atoms with E-state index in [1.807, 2.05) is 13.0 Å². The van der Waals surface area contributed by atoms with Crippen molar-refractivity contribution in [2.24, 2.45) is 11.8 Å². The van der Waals surface area contributed by atoms with Crippen LogP contribution >= 0.6 is 0 Å². The molecule has 1 aromatic heterocycles. The van der Waals surface area contributed by atoms with E-state index < -0.39 is 0 Å². The number of urea groups is 1. The van der Waals surface area contributed by atoms with Crippen molar-refractivity contribution in [1.29, 1.82) is 0 Å². The summed E-state index contributed by atoms with van der Waals surface area (Å²) in [7, 11) is 0. The van der Waals surface area contributed by atoms with Crippen LogP contribution in [-0.2, 0) is 4.79 Å². The van der Waals surface area contributed by atoms with Gasteiger partial charge in [0.15, 0.2) is 0 Å². The minimum Gasteiger partial charge on any atom is -0.369 e. The van der Waals surface area contributed by atoms with Crippen LogP contribution in [0.25, 0.3) is 0 Å². The number of anilines is 3. The first-order chi connectivity index (χ1) is 15.3. The molecule has 2 amide bonds. The second-order valence-electron chi connectivity index (χ2n) is 9.74. The highest BCUT2D eigenvalue weighted by Gasteiger charge is 2.27. The summed E-state index contributed by atoms with van der Waals surface area (Å²) < 4.78 is 5.28. The Morgan fingerprint density at radius 1 is 1.12 bits per heavy atom. The number of amides is 2. The molecule has 174 valence electrons. The highest BCUT2D eigenvalue weighted by molar-refractivity contribution is 6.01. The molecule has 1 aliphatic rings. The second kappa shape index (κ2) is 10.7. The number of hydrogen-bond acceptors (Lipinski definition) is 5. The topological polar surface area (TPSA) is 87.5 Å². The smallest absolute Gasteiger partial charge is 0.326 e. The van der Waals surface area contributed by atoms with Crippen LogP contribution in [0.5, 0.6) is 0 Å². The molecular formula is C25H36N4O3. The van der Waals surface area contributed by atoms with Crippen molar-refractivity contribution in [2.75, 3.05) is 28.6 Å². The fraction of sp³-hybridized carbons (Fsp3) is 0.560. The van der Waals surface area contributed by atoms with Crippen LogP contribution in [0.2, 0.25) is 0 Å². The summed E-state index contributed by atoms with van der Waals surface area (Å²) in [6, 6.07) is 7.51. The average Bonchev–Trinajstić information content (AvgIpc) is 3.46. The monoisotopic (exact) mass is 440 g/mol. The molecule has 2 aromatic rings. The van der Waals surface area contributed by atoms with E-state index in [-0.39, 0.29) is 11.9 Å². The molecule has 32 heavy (non-hydrogen) atoms. The van der Waals surface area contributed by atoms with Gasteiger partial charge in [-0.15, -0.1) is 0 Å². The largest absolute Gasteiger partial charge is 0.369 e. The van der Waals surface area contributed by atoms with E-state index >= 15 is 0 Å². The molecule has 0 radical (unpaired) electrons. The van der Waals surface area contributed by atoms with E-state index in [0.29, 0.717) is 30.1 Å². The number of nitrogens with one attached hydrogen (secondary N) is 2. The normalized spacial score (nSPS) is 14.5. The molecule has 0 spiro atoms. The first-order valence-corrected chi connectivity index (χ1v) is 11.6. The van der Waals surface area contributed by atoms with Gasteiger partial charge in [0.05, 0.1) is 17.1 Å². The van der Waals surface area contributed by atoms with Gasteiger partial charge in [-0.1, -0.05) is 45.8 Å². The van der Waals surface area contributed by atoms with Gasteiger partial charge in [0, 0.05) is 31.5 Å². The first-order valence-electron chi connectivity index (χ1n) is 11.6. The van der Waals surface area contributed by atoms with Gasteiger partial charge < -0.3 is 19.5 Å². The lowest BCUT2D eigenvalue weighted by Crippen LogP contribution is -2.32. The van der Waals surface area contributed by atoms with Crippen molar-refractivity contribution in [2.45, 2.75) is 65.7 Å². The van der Waals surface area contributed by atoms with Crippen molar-refractivity contribution >= 4 is 29.6 Å². The van der Waals surface area contributed by atoms with Crippen LogP contribution in [0.3, 0.4) is 0 Å². The van der Waals surface area contributed by atoms with Gasteiger partial charge in [0.25, 0.3) is 0 Å². The molecule has 1 aliphatic carbocycles. The standard InChI is InChI=1S/C25H36N4O3/c1-16(2)14-29(15-17(3)4)23-9-8-20(18(5)10-11-30)12-22(23)26-25(31)27-24-13-21(28-32-24)19-6-7-19/h8-9,11-13,16-19H,6-7,10,14-15H2,1-5H3,(H2,26,27,31). The average molecular weight is 441 g/mol. The molecule has 1 fully saturated rings. The van der Waals surface area contributed by atoms with E-state index in [1.165, 1.54) is 0 Å². The van der Waals surface area contributed by atoms with E-state index in [1.54, 1.807) is 6.07 Å². The van der Waals surface area contributed by atoms with Crippen molar-refractivity contribution in [1.82, 2.24) is 5.16 Å². The van der Waals surface area contributed by atoms with Crippen LogP contribution < -0.4 is 15.5 Å². The number of aromatic nitrogens is 1. The second-order valence-corrected chi connectivity index (χ2v) is 9.74. The highest BCUT2D eigenvalue weighted by Crippen LogP contribution is 2.40. The number of carbonyl (C=O) groups is 2. The van der Waals surface area contributed by atoms with E-state index in [9.17, 15) is 9.59 Å². The molecule has 1 saturated carbocycles. The number of rotatable bonds is 11. The van der Waals surface area contributed by atoms with Gasteiger partial charge in [-0.25, -0.2) is 4.79 Å². The Balaban J connectivity index is 1.84. The molecule has 2 N–H and O–H groups in total. The predicted molar refractivity (Wildman–Crippen MR) is 129 cm³/mol. The van der Waals surface area contributed by atoms with Crippen LogP contribution in [0.1, 0.15) is 77.0 Å². The number of hydrogen-bond donors (Lipinski definition) is 2. The zero-order valence-electron chi connectivity index (χ0n) is 19.9. The van der Waals surface area contributed by atoms with Gasteiger partial charge in [-0.3, -0.25) is 5.32 Å². The fourth-order valence-electron chi connectivity index (χ4n) is 3.85. The van der Waals surface area contributed by atoms with Crippen molar-refractivity contribution in [3.05, 3.63) is 35.5 Å². The van der Waals surface area contributed by atoms with Crippen molar-refractivity contribution < 1.29 is 14.1 Å². The van der Waals surface area contributed by atoms with E-state index in [2.05, 4.69) is 60.5 Å². The quantitative estimate of drug-likeness (QED) is 0.418. The molecule has 1 atom stereocenters. The number of carbonyl (C=O) groups excluding carboxylic acids is 2. The third-order valence-electron chi connectivity index (χ3n) is 5.56. The Bertz CT molecular complexity index is 908. The summed E-state index contributed by atoms with van der Waals surface area (Å²) in [6.07, 6.45) is 3.61. The maximum absolute atomic E-state index is 12.8. The summed E-state index contributed by atoms with van der Waals surface area (Å²) in [5.41, 5.74) is 3.61. The van der Waals surface area contributed by atoms with E-state index in [0.717, 1.165) is 54.8 Å². The Morgan fingerprint density at radius 2 is 1.81 bits per heavy atom. The van der Waals surface area contributed by atoms with Crippen LogP contribution in [0, 0.1) is 11.8 Å². The van der Waals surface area contributed by atoms with Crippen LogP contribution in [0.15, 0.2) is 28.8 Å². The van der Waals surface area contributed by atoms with Crippen LogP contribution in [0.4, 0.5) is 22.1 Å². The lowest BCUT2D eigenvalue weighted by molar-refractivity contribution is -0.108. The summed E-state index contributed by atoms with van der Waals surface area (Å²) in [5, 5.41) is 9.82. The van der Waals surface area contributed by atoms with Gasteiger partial charge in [0.2, 0.25) is 5.88 Å². The molecule has 7 nitrogen and oxygen atoms in total. The fourth-order valence-corrected chi connectivity index (χ4v) is 3.85. The Labute approximate surface area is 190 Å². The number of benzene rings is 1. The zero-order chi connectivity index (χ0) is 23.3. The molecule has 3 rings (SSSR count). The lowest BCUT2D eigenvalue weighted by atomic mass is 9.97. The van der Waals surface area contributed by atoms with Crippen molar-refractivity contribution in [3.63, 3.8) is 0 Å². The van der Waals surface area contributed by atoms with Gasteiger partial charge in [-0.2, -0.15) is 0 Å². The lowest BCUT2D eigenvalue weighted by Gasteiger charge is -2.31. The summed E-state index contributed by atoms with van der Waals surface area (Å²) in [5.74, 6) is 1.82. The van der Waals surface area contributed by atoms with Gasteiger partial charge >= 0.3 is 6.03 Å². The Hall–Kier alpha value is -2.83. The third kappa shape index (κ3) is 6.58. The molecule has 0 bridgehead atoms. The molecule has 1 aromatic carbocycles.